The molecule has 0 saturated carbocycles. The molecule has 31 heavy (non-hydrogen) atoms. The molecule has 0 amide bonds. The number of halogens is 1. The number of fused-ring (bicyclic) bond motifs is 1. The number of hydrogen-bond donors (Lipinski definition) is 1. The van der Waals surface area contributed by atoms with Gasteiger partial charge in [-0.25, -0.2) is 9.97 Å². The number of anilines is 1. The largest absolute Gasteiger partial charge is 0.381 e. The quantitative estimate of drug-likeness (QED) is 0.512. The maximum atomic E-state index is 6.27. The number of aromatic nitrogens is 3. The molecule has 3 rings (SSSR count). The summed E-state index contributed by atoms with van der Waals surface area (Å²) >= 11 is 6.27. The molecule has 0 bridgehead atoms. The maximum absolute atomic E-state index is 6.27. The van der Waals surface area contributed by atoms with E-state index in [2.05, 4.69) is 61.8 Å². The van der Waals surface area contributed by atoms with Crippen LogP contribution in [-0.2, 0) is 0 Å². The van der Waals surface area contributed by atoms with Crippen molar-refractivity contribution in [2.45, 2.75) is 74.1 Å². The van der Waals surface area contributed by atoms with Crippen molar-refractivity contribution in [3.63, 3.8) is 0 Å². The van der Waals surface area contributed by atoms with Crippen LogP contribution in [0.3, 0.4) is 0 Å². The third kappa shape index (κ3) is 7.65. The molecule has 1 unspecified atom stereocenters. The van der Waals surface area contributed by atoms with Crippen LogP contribution >= 0.6 is 11.6 Å². The molecule has 6 heteroatoms. The fourth-order valence-electron chi connectivity index (χ4n) is 3.32. The minimum absolute atomic E-state index is 0.398. The normalized spacial score (nSPS) is 15.9. The maximum Gasteiger partial charge on any atom is 0.181 e. The lowest BCUT2D eigenvalue weighted by molar-refractivity contribution is 0.418. The summed E-state index contributed by atoms with van der Waals surface area (Å²) in [5, 5.41) is 0.548. The lowest BCUT2D eigenvalue weighted by Gasteiger charge is -2.13. The van der Waals surface area contributed by atoms with Crippen LogP contribution in [0.4, 0.5) is 5.82 Å². The molecule has 5 nitrogen and oxygen atoms in total. The van der Waals surface area contributed by atoms with E-state index in [1.165, 1.54) is 31.5 Å². The Labute approximate surface area is 194 Å². The summed E-state index contributed by atoms with van der Waals surface area (Å²) in [6.07, 6.45) is 11.0. The molecule has 0 spiro atoms. The van der Waals surface area contributed by atoms with Crippen LogP contribution in [0.5, 0.6) is 0 Å². The third-order valence-electron chi connectivity index (χ3n) is 5.53. The molecule has 1 atom stereocenters. The summed E-state index contributed by atoms with van der Waals surface area (Å²) in [7, 11) is 2.17. The van der Waals surface area contributed by atoms with Crippen molar-refractivity contribution in [3.8, 4) is 0 Å². The summed E-state index contributed by atoms with van der Waals surface area (Å²) in [5.74, 6) is 0.859. The van der Waals surface area contributed by atoms with Gasteiger partial charge >= 0.3 is 0 Å². The lowest BCUT2D eigenvalue weighted by Crippen LogP contribution is -2.10. The molecule has 0 radical (unpaired) electrons. The second kappa shape index (κ2) is 13.5. The molecule has 174 valence electrons. The van der Waals surface area contributed by atoms with Gasteiger partial charge < -0.3 is 10.6 Å². The molecule has 1 aliphatic heterocycles. The average Bonchev–Trinajstić information content (AvgIpc) is 3.41. The van der Waals surface area contributed by atoms with Gasteiger partial charge in [-0.3, -0.25) is 4.40 Å². The smallest absolute Gasteiger partial charge is 0.181 e. The molecule has 3 heterocycles. The molecule has 2 aromatic rings. The summed E-state index contributed by atoms with van der Waals surface area (Å²) in [4.78, 5) is 11.2. The van der Waals surface area contributed by atoms with Crippen molar-refractivity contribution < 1.29 is 0 Å². The third-order valence-corrected chi connectivity index (χ3v) is 5.80. The van der Waals surface area contributed by atoms with E-state index in [9.17, 15) is 0 Å². The highest BCUT2D eigenvalue weighted by atomic mass is 35.5. The minimum Gasteiger partial charge on any atom is -0.381 e. The predicted octanol–water partition coefficient (Wildman–Crippen LogP) is 6.80. The number of nitrogen functional groups attached to an aromatic ring is 1. The first kappa shape index (κ1) is 27.2. The molecule has 0 aliphatic carbocycles. The van der Waals surface area contributed by atoms with Crippen LogP contribution in [-0.4, -0.2) is 39.4 Å². The van der Waals surface area contributed by atoms with Crippen molar-refractivity contribution in [1.82, 2.24) is 19.3 Å². The number of likely N-dealkylation sites (tertiary alicyclic amines) is 1. The number of nitrogens with zero attached hydrogens (tertiary/aromatic N) is 4. The van der Waals surface area contributed by atoms with E-state index in [1.807, 2.05) is 25.2 Å². The van der Waals surface area contributed by atoms with Gasteiger partial charge in [0.05, 0.1) is 11.9 Å². The van der Waals surface area contributed by atoms with E-state index in [0.29, 0.717) is 22.5 Å². The van der Waals surface area contributed by atoms with Crippen LogP contribution in [0.25, 0.3) is 11.2 Å². The Bertz CT molecular complexity index is 876. The fraction of sp³-hybridized carbons (Fsp3) is 0.600. The van der Waals surface area contributed by atoms with E-state index in [1.54, 1.807) is 6.20 Å². The monoisotopic (exact) mass is 447 g/mol. The lowest BCUT2D eigenvalue weighted by atomic mass is 9.99. The Balaban J connectivity index is 0.000000508. The molecule has 1 saturated heterocycles. The van der Waals surface area contributed by atoms with Crippen molar-refractivity contribution in [1.29, 1.82) is 0 Å². The van der Waals surface area contributed by atoms with Crippen molar-refractivity contribution in [2.75, 3.05) is 25.9 Å². The predicted molar refractivity (Wildman–Crippen MR) is 137 cm³/mol. The number of hydrogen-bond acceptors (Lipinski definition) is 4. The number of imidazole rings is 1. The Kier molecular flexibility index (Phi) is 11.9. The van der Waals surface area contributed by atoms with Gasteiger partial charge in [-0.1, -0.05) is 70.4 Å². The Hall–Kier alpha value is -1.85. The molecule has 2 aromatic heterocycles. The minimum atomic E-state index is 0.398. The summed E-state index contributed by atoms with van der Waals surface area (Å²) in [5.41, 5.74) is 10.9. The first-order chi connectivity index (χ1) is 14.8. The van der Waals surface area contributed by atoms with Gasteiger partial charge in [-0.05, 0) is 64.7 Å². The molecular weight excluding hydrogens is 406 g/mol. The van der Waals surface area contributed by atoms with Gasteiger partial charge in [0.15, 0.2) is 11.5 Å². The zero-order valence-corrected chi connectivity index (χ0v) is 21.6. The number of allylic oxidation sites excluding steroid dienone is 4. The van der Waals surface area contributed by atoms with Gasteiger partial charge in [0.2, 0.25) is 0 Å². The molecular formula is C25H42ClN5. The first-order valence-electron chi connectivity index (χ1n) is 11.6. The second-order valence-electron chi connectivity index (χ2n) is 8.03. The van der Waals surface area contributed by atoms with E-state index < -0.39 is 0 Å². The van der Waals surface area contributed by atoms with E-state index in [0.717, 1.165) is 29.8 Å². The van der Waals surface area contributed by atoms with Crippen molar-refractivity contribution in [2.24, 2.45) is 5.92 Å². The van der Waals surface area contributed by atoms with Crippen molar-refractivity contribution >= 4 is 28.6 Å². The highest BCUT2D eigenvalue weighted by Crippen LogP contribution is 2.28. The van der Waals surface area contributed by atoms with Gasteiger partial charge in [-0.2, -0.15) is 0 Å². The molecule has 1 aliphatic rings. The van der Waals surface area contributed by atoms with Crippen LogP contribution in [0, 0.1) is 12.8 Å². The van der Waals surface area contributed by atoms with E-state index in [-0.39, 0.29) is 0 Å². The Morgan fingerprint density at radius 2 is 1.87 bits per heavy atom. The number of nitrogens with two attached hydrogens (primary N) is 1. The standard InChI is InChI=1S/C18H25ClN4.C5H11N.C2H6/c1-6-11(3)8-14(9-12(4)7-2)16-13(5)23-15(19)10-21-18(23)17(20)22-16;1-6-4-2-3-5-6;1-2/h8-11H,6-7H2,1-5H3,(H2,20,22);2-5H2,1H3;1-2H3/b12-9+,14-8+;;. The summed E-state index contributed by atoms with van der Waals surface area (Å²) in [6, 6.07) is 0. The summed E-state index contributed by atoms with van der Waals surface area (Å²) < 4.78 is 1.86. The SMILES string of the molecule is CC.CC/C(C)=C/C(=C\C(C)CC)c1nc(N)c2ncc(Cl)n2c1C.CN1CCCC1. The zero-order chi connectivity index (χ0) is 23.6. The van der Waals surface area contributed by atoms with Crippen LogP contribution in [0.1, 0.15) is 78.6 Å². The number of rotatable bonds is 5. The topological polar surface area (TPSA) is 59.4 Å². The van der Waals surface area contributed by atoms with E-state index in [4.69, 9.17) is 17.3 Å². The molecule has 1 fully saturated rings. The first-order valence-corrected chi connectivity index (χ1v) is 12.0. The Morgan fingerprint density at radius 1 is 1.26 bits per heavy atom. The fourth-order valence-corrected chi connectivity index (χ4v) is 3.58. The number of aryl methyl sites for hydroxylation is 1. The molecule has 0 aromatic carbocycles. The second-order valence-corrected chi connectivity index (χ2v) is 8.42. The van der Waals surface area contributed by atoms with Crippen molar-refractivity contribution in [3.05, 3.63) is 40.5 Å². The van der Waals surface area contributed by atoms with Crippen LogP contribution in [0.15, 0.2) is 23.9 Å². The van der Waals surface area contributed by atoms with Gasteiger partial charge in [0.25, 0.3) is 0 Å². The average molecular weight is 448 g/mol. The summed E-state index contributed by atoms with van der Waals surface area (Å²) in [6.45, 7) is 17.3. The van der Waals surface area contributed by atoms with Gasteiger partial charge in [0, 0.05) is 5.69 Å². The van der Waals surface area contributed by atoms with E-state index >= 15 is 0 Å². The van der Waals surface area contributed by atoms with Crippen LogP contribution < -0.4 is 5.73 Å². The highest BCUT2D eigenvalue weighted by Gasteiger charge is 2.15. The zero-order valence-electron chi connectivity index (χ0n) is 20.8. The Morgan fingerprint density at radius 3 is 2.35 bits per heavy atom. The highest BCUT2D eigenvalue weighted by molar-refractivity contribution is 6.29. The van der Waals surface area contributed by atoms with Gasteiger partial charge in [0.1, 0.15) is 5.15 Å². The molecule has 2 N–H and O–H groups in total. The van der Waals surface area contributed by atoms with Gasteiger partial charge in [-0.15, -0.1) is 0 Å². The van der Waals surface area contributed by atoms with Crippen LogP contribution in [0.2, 0.25) is 5.15 Å².